The van der Waals surface area contributed by atoms with Crippen LogP contribution in [0.3, 0.4) is 0 Å². The summed E-state index contributed by atoms with van der Waals surface area (Å²) in [6.07, 6.45) is 4.82. The SMILES string of the molecule is CCNC(CN(C)CCc1ccncc1)C(C)(C)C. The number of rotatable bonds is 7. The van der Waals surface area contributed by atoms with E-state index < -0.39 is 0 Å². The number of nitrogens with zero attached hydrogens (tertiary/aromatic N) is 2. The molecule has 3 nitrogen and oxygen atoms in total. The zero-order chi connectivity index (χ0) is 14.3. The van der Waals surface area contributed by atoms with Gasteiger partial charge in [0.05, 0.1) is 0 Å². The summed E-state index contributed by atoms with van der Waals surface area (Å²) in [5, 5.41) is 3.60. The molecule has 3 heteroatoms. The van der Waals surface area contributed by atoms with Crippen molar-refractivity contribution in [3.05, 3.63) is 30.1 Å². The normalized spacial score (nSPS) is 13.8. The third kappa shape index (κ3) is 6.17. The number of hydrogen-bond donors (Lipinski definition) is 1. The Hall–Kier alpha value is -0.930. The quantitative estimate of drug-likeness (QED) is 0.819. The van der Waals surface area contributed by atoms with Gasteiger partial charge in [0.2, 0.25) is 0 Å². The Morgan fingerprint density at radius 1 is 1.26 bits per heavy atom. The first-order chi connectivity index (χ1) is 8.93. The van der Waals surface area contributed by atoms with Gasteiger partial charge in [0.25, 0.3) is 0 Å². The Labute approximate surface area is 118 Å². The standard InChI is InChI=1S/C16H29N3/c1-6-18-15(16(2,3)4)13-19(5)12-9-14-7-10-17-11-8-14/h7-8,10-11,15,18H,6,9,12-13H2,1-5H3. The smallest absolute Gasteiger partial charge is 0.0270 e. The third-order valence-electron chi connectivity index (χ3n) is 3.52. The molecular weight excluding hydrogens is 234 g/mol. The maximum Gasteiger partial charge on any atom is 0.0270 e. The zero-order valence-electron chi connectivity index (χ0n) is 13.1. The summed E-state index contributed by atoms with van der Waals surface area (Å²) in [5.74, 6) is 0. The van der Waals surface area contributed by atoms with Gasteiger partial charge in [-0.15, -0.1) is 0 Å². The molecule has 1 atom stereocenters. The second-order valence-electron chi connectivity index (χ2n) is 6.34. The fourth-order valence-electron chi connectivity index (χ4n) is 2.16. The summed E-state index contributed by atoms with van der Waals surface area (Å²) in [5.41, 5.74) is 1.65. The highest BCUT2D eigenvalue weighted by Crippen LogP contribution is 2.19. The van der Waals surface area contributed by atoms with Crippen LogP contribution in [-0.2, 0) is 6.42 Å². The number of pyridine rings is 1. The van der Waals surface area contributed by atoms with Crippen molar-refractivity contribution in [1.29, 1.82) is 0 Å². The van der Waals surface area contributed by atoms with Gasteiger partial charge in [-0.25, -0.2) is 0 Å². The van der Waals surface area contributed by atoms with Crippen molar-refractivity contribution in [2.45, 2.75) is 40.2 Å². The second kappa shape index (κ2) is 7.61. The van der Waals surface area contributed by atoms with Crippen LogP contribution in [0.25, 0.3) is 0 Å². The lowest BCUT2D eigenvalue weighted by Gasteiger charge is -2.34. The van der Waals surface area contributed by atoms with Gasteiger partial charge in [0, 0.05) is 31.5 Å². The van der Waals surface area contributed by atoms with Gasteiger partial charge in [-0.3, -0.25) is 4.98 Å². The van der Waals surface area contributed by atoms with Crippen LogP contribution in [0.1, 0.15) is 33.3 Å². The molecule has 0 bridgehead atoms. The molecule has 0 aromatic carbocycles. The lowest BCUT2D eigenvalue weighted by molar-refractivity contribution is 0.197. The lowest BCUT2D eigenvalue weighted by atomic mass is 9.86. The largest absolute Gasteiger partial charge is 0.312 e. The predicted molar refractivity (Wildman–Crippen MR) is 82.4 cm³/mol. The molecule has 0 spiro atoms. The van der Waals surface area contributed by atoms with Crippen molar-refractivity contribution in [3.63, 3.8) is 0 Å². The average Bonchev–Trinajstić information content (AvgIpc) is 2.36. The minimum Gasteiger partial charge on any atom is -0.312 e. The highest BCUT2D eigenvalue weighted by Gasteiger charge is 2.24. The van der Waals surface area contributed by atoms with Crippen molar-refractivity contribution < 1.29 is 0 Å². The van der Waals surface area contributed by atoms with Crippen LogP contribution in [-0.4, -0.2) is 42.6 Å². The first-order valence-corrected chi connectivity index (χ1v) is 7.24. The van der Waals surface area contributed by atoms with Crippen LogP contribution in [0.5, 0.6) is 0 Å². The topological polar surface area (TPSA) is 28.2 Å². The maximum atomic E-state index is 4.05. The summed E-state index contributed by atoms with van der Waals surface area (Å²) < 4.78 is 0. The summed E-state index contributed by atoms with van der Waals surface area (Å²) in [6, 6.07) is 4.72. The number of hydrogen-bond acceptors (Lipinski definition) is 3. The van der Waals surface area contributed by atoms with E-state index in [0.29, 0.717) is 11.5 Å². The minimum atomic E-state index is 0.293. The van der Waals surface area contributed by atoms with E-state index >= 15 is 0 Å². The van der Waals surface area contributed by atoms with Crippen molar-refractivity contribution in [3.8, 4) is 0 Å². The number of nitrogens with one attached hydrogen (secondary N) is 1. The predicted octanol–water partition coefficient (Wildman–Crippen LogP) is 2.58. The molecule has 0 radical (unpaired) electrons. The average molecular weight is 263 g/mol. The van der Waals surface area contributed by atoms with Crippen LogP contribution in [0.2, 0.25) is 0 Å². The van der Waals surface area contributed by atoms with Crippen LogP contribution < -0.4 is 5.32 Å². The summed E-state index contributed by atoms with van der Waals surface area (Å²) in [7, 11) is 2.21. The van der Waals surface area contributed by atoms with Gasteiger partial charge >= 0.3 is 0 Å². The fourth-order valence-corrected chi connectivity index (χ4v) is 2.16. The summed E-state index contributed by atoms with van der Waals surface area (Å²) in [4.78, 5) is 6.47. The fraction of sp³-hybridized carbons (Fsp3) is 0.688. The Bertz CT molecular complexity index is 343. The molecule has 19 heavy (non-hydrogen) atoms. The molecule has 1 unspecified atom stereocenters. The first-order valence-electron chi connectivity index (χ1n) is 7.24. The van der Waals surface area contributed by atoms with Gasteiger partial charge in [-0.05, 0) is 43.1 Å². The van der Waals surface area contributed by atoms with E-state index in [2.05, 4.69) is 62.1 Å². The van der Waals surface area contributed by atoms with E-state index in [1.807, 2.05) is 12.4 Å². The molecule has 0 fully saturated rings. The first kappa shape index (κ1) is 16.1. The molecule has 108 valence electrons. The van der Waals surface area contributed by atoms with Gasteiger partial charge in [-0.2, -0.15) is 0 Å². The van der Waals surface area contributed by atoms with Gasteiger partial charge in [0.1, 0.15) is 0 Å². The molecule has 1 heterocycles. The van der Waals surface area contributed by atoms with Crippen LogP contribution in [0.15, 0.2) is 24.5 Å². The Morgan fingerprint density at radius 2 is 1.89 bits per heavy atom. The van der Waals surface area contributed by atoms with Crippen molar-refractivity contribution >= 4 is 0 Å². The van der Waals surface area contributed by atoms with Crippen molar-refractivity contribution in [1.82, 2.24) is 15.2 Å². The Kier molecular flexibility index (Phi) is 6.46. The van der Waals surface area contributed by atoms with Crippen LogP contribution in [0, 0.1) is 5.41 Å². The number of aromatic nitrogens is 1. The van der Waals surface area contributed by atoms with Crippen molar-refractivity contribution in [2.24, 2.45) is 5.41 Å². The molecule has 1 aromatic rings. The van der Waals surface area contributed by atoms with Crippen LogP contribution in [0.4, 0.5) is 0 Å². The molecule has 1 rings (SSSR count). The Balaban J connectivity index is 2.42. The van der Waals surface area contributed by atoms with Gasteiger partial charge in [-0.1, -0.05) is 27.7 Å². The van der Waals surface area contributed by atoms with Crippen LogP contribution >= 0.6 is 0 Å². The molecule has 0 aliphatic heterocycles. The molecule has 0 aliphatic rings. The van der Waals surface area contributed by atoms with E-state index in [9.17, 15) is 0 Å². The van der Waals surface area contributed by atoms with E-state index in [4.69, 9.17) is 0 Å². The maximum absolute atomic E-state index is 4.05. The summed E-state index contributed by atoms with van der Waals surface area (Å²) in [6.45, 7) is 12.3. The monoisotopic (exact) mass is 263 g/mol. The van der Waals surface area contributed by atoms with E-state index in [1.165, 1.54) is 5.56 Å². The highest BCUT2D eigenvalue weighted by molar-refractivity contribution is 5.09. The molecule has 0 aliphatic carbocycles. The minimum absolute atomic E-state index is 0.293. The second-order valence-corrected chi connectivity index (χ2v) is 6.34. The molecule has 0 saturated heterocycles. The summed E-state index contributed by atoms with van der Waals surface area (Å²) >= 11 is 0. The molecule has 1 aromatic heterocycles. The molecule has 0 amide bonds. The lowest BCUT2D eigenvalue weighted by Crippen LogP contribution is -2.48. The van der Waals surface area contributed by atoms with E-state index in [0.717, 1.165) is 26.1 Å². The van der Waals surface area contributed by atoms with Gasteiger partial charge in [0.15, 0.2) is 0 Å². The third-order valence-corrected chi connectivity index (χ3v) is 3.52. The Morgan fingerprint density at radius 3 is 2.42 bits per heavy atom. The zero-order valence-corrected chi connectivity index (χ0v) is 13.1. The molecule has 0 saturated carbocycles. The molecule has 1 N–H and O–H groups in total. The number of likely N-dealkylation sites (N-methyl/N-ethyl adjacent to an activating group) is 2. The van der Waals surface area contributed by atoms with E-state index in [1.54, 1.807) is 0 Å². The van der Waals surface area contributed by atoms with E-state index in [-0.39, 0.29) is 0 Å². The van der Waals surface area contributed by atoms with Crippen molar-refractivity contribution in [2.75, 3.05) is 26.7 Å². The highest BCUT2D eigenvalue weighted by atomic mass is 15.1. The molecular formula is C16H29N3. The van der Waals surface area contributed by atoms with Gasteiger partial charge < -0.3 is 10.2 Å².